The van der Waals surface area contributed by atoms with Crippen LogP contribution in [0.25, 0.3) is 22.3 Å². The van der Waals surface area contributed by atoms with Crippen molar-refractivity contribution in [1.82, 2.24) is 20.6 Å². The largest absolute Gasteiger partial charge is 0.508 e. The van der Waals surface area contributed by atoms with Crippen molar-refractivity contribution < 1.29 is 9.90 Å². The van der Waals surface area contributed by atoms with Gasteiger partial charge in [0.25, 0.3) is 0 Å². The Morgan fingerprint density at radius 2 is 1.59 bits per heavy atom. The topological polar surface area (TPSA) is 90.0 Å². The number of para-hydroxylation sites is 2. The first-order valence-corrected chi connectivity index (χ1v) is 9.30. The van der Waals surface area contributed by atoms with E-state index >= 15 is 0 Å². The van der Waals surface area contributed by atoms with Crippen molar-refractivity contribution >= 4 is 28.3 Å². The number of aromatic hydroxyl groups is 1. The van der Waals surface area contributed by atoms with Crippen molar-refractivity contribution in [3.8, 4) is 5.75 Å². The van der Waals surface area contributed by atoms with E-state index in [-0.39, 0.29) is 11.8 Å². The zero-order valence-corrected chi connectivity index (χ0v) is 15.4. The summed E-state index contributed by atoms with van der Waals surface area (Å²) in [5.41, 5.74) is 5.04. The summed E-state index contributed by atoms with van der Waals surface area (Å²) in [6, 6.07) is 23.6. The Bertz CT molecular complexity index is 1190. The molecule has 1 aliphatic heterocycles. The molecule has 0 fully saturated rings. The number of amides is 2. The number of nitrogens with zero attached hydrogens (tertiary/aromatic N) is 1. The Balaban J connectivity index is 1.76. The number of benzene rings is 3. The second-order valence-electron chi connectivity index (χ2n) is 6.88. The summed E-state index contributed by atoms with van der Waals surface area (Å²) in [7, 11) is 0. The van der Waals surface area contributed by atoms with Gasteiger partial charge in [0.2, 0.25) is 0 Å². The maximum Gasteiger partial charge on any atom is 0.320 e. The number of aromatic nitrogens is 2. The number of hydrogen-bond donors (Lipinski definition) is 4. The Morgan fingerprint density at radius 3 is 2.34 bits per heavy atom. The highest BCUT2D eigenvalue weighted by atomic mass is 16.3. The summed E-state index contributed by atoms with van der Waals surface area (Å²) < 4.78 is 0. The molecule has 0 radical (unpaired) electrons. The lowest BCUT2D eigenvalue weighted by Gasteiger charge is -2.30. The van der Waals surface area contributed by atoms with Crippen LogP contribution in [0, 0.1) is 0 Å². The number of aromatic amines is 1. The third-order valence-corrected chi connectivity index (χ3v) is 5.01. The number of H-pyrrole nitrogens is 1. The fourth-order valence-electron chi connectivity index (χ4n) is 3.65. The van der Waals surface area contributed by atoms with Gasteiger partial charge in [-0.05, 0) is 35.4 Å². The van der Waals surface area contributed by atoms with Gasteiger partial charge < -0.3 is 20.7 Å². The van der Waals surface area contributed by atoms with E-state index in [0.717, 1.165) is 27.7 Å². The van der Waals surface area contributed by atoms with Crippen LogP contribution in [-0.2, 0) is 0 Å². The molecule has 1 atom stereocenters. The maximum absolute atomic E-state index is 12.5. The number of nitrogens with one attached hydrogen (secondary N) is 3. The van der Waals surface area contributed by atoms with E-state index in [1.807, 2.05) is 54.6 Å². The van der Waals surface area contributed by atoms with Gasteiger partial charge in [-0.2, -0.15) is 0 Å². The molecule has 29 heavy (non-hydrogen) atoms. The standard InChI is InChI=1S/C23H18N4O2/c28-16-12-10-15(11-13-16)21-19(22-24-17-8-4-5-9-18(17)25-22)20(26-23(29)27-21)14-6-2-1-3-7-14/h1-13,21,28H,(H,24,25)(H2,26,27,29)/t21-/m0/s1. The van der Waals surface area contributed by atoms with Gasteiger partial charge in [0.15, 0.2) is 0 Å². The summed E-state index contributed by atoms with van der Waals surface area (Å²) in [4.78, 5) is 20.7. The molecule has 0 saturated heterocycles. The molecule has 4 N–H and O–H groups in total. The number of fused-ring (bicyclic) bond motifs is 1. The molecular weight excluding hydrogens is 364 g/mol. The van der Waals surface area contributed by atoms with Crippen LogP contribution in [0.2, 0.25) is 0 Å². The Labute approximate surface area is 166 Å². The van der Waals surface area contributed by atoms with Gasteiger partial charge in [-0.15, -0.1) is 0 Å². The van der Waals surface area contributed by atoms with Crippen LogP contribution in [-0.4, -0.2) is 21.1 Å². The van der Waals surface area contributed by atoms with Crippen molar-refractivity contribution in [2.45, 2.75) is 6.04 Å². The molecule has 6 heteroatoms. The second-order valence-corrected chi connectivity index (χ2v) is 6.88. The number of imidazole rings is 1. The van der Waals surface area contributed by atoms with Crippen LogP contribution >= 0.6 is 0 Å². The maximum atomic E-state index is 12.5. The zero-order chi connectivity index (χ0) is 19.8. The van der Waals surface area contributed by atoms with E-state index in [9.17, 15) is 9.90 Å². The van der Waals surface area contributed by atoms with Crippen LogP contribution in [0.1, 0.15) is 23.0 Å². The molecule has 0 bridgehead atoms. The first-order valence-electron chi connectivity index (χ1n) is 9.30. The number of phenolic OH excluding ortho intramolecular Hbond substituents is 1. The second kappa shape index (κ2) is 6.83. The molecular formula is C23H18N4O2. The number of carbonyl (C=O) groups is 1. The van der Waals surface area contributed by atoms with Crippen molar-refractivity contribution in [2.24, 2.45) is 0 Å². The number of hydrogen-bond acceptors (Lipinski definition) is 3. The molecule has 2 heterocycles. The van der Waals surface area contributed by atoms with Crippen molar-refractivity contribution in [2.75, 3.05) is 0 Å². The highest BCUT2D eigenvalue weighted by Gasteiger charge is 2.31. The van der Waals surface area contributed by atoms with E-state index < -0.39 is 6.04 Å². The molecule has 2 amide bonds. The van der Waals surface area contributed by atoms with Gasteiger partial charge in [0.1, 0.15) is 11.6 Å². The lowest BCUT2D eigenvalue weighted by atomic mass is 9.92. The van der Waals surface area contributed by atoms with Crippen molar-refractivity contribution in [3.05, 3.63) is 95.8 Å². The molecule has 0 saturated carbocycles. The predicted octanol–water partition coefficient (Wildman–Crippen LogP) is 4.19. The minimum absolute atomic E-state index is 0.173. The molecule has 5 rings (SSSR count). The summed E-state index contributed by atoms with van der Waals surface area (Å²) in [6.45, 7) is 0. The highest BCUT2D eigenvalue weighted by molar-refractivity contribution is 6.02. The van der Waals surface area contributed by atoms with Crippen LogP contribution in [0.3, 0.4) is 0 Å². The lowest BCUT2D eigenvalue weighted by Crippen LogP contribution is -2.43. The van der Waals surface area contributed by atoms with E-state index in [4.69, 9.17) is 4.98 Å². The fraction of sp³-hybridized carbons (Fsp3) is 0.0435. The number of phenols is 1. The highest BCUT2D eigenvalue weighted by Crippen LogP contribution is 2.37. The summed E-state index contributed by atoms with van der Waals surface area (Å²) in [6.07, 6.45) is 0. The predicted molar refractivity (Wildman–Crippen MR) is 112 cm³/mol. The van der Waals surface area contributed by atoms with Crippen LogP contribution in [0.4, 0.5) is 4.79 Å². The van der Waals surface area contributed by atoms with Gasteiger partial charge in [-0.25, -0.2) is 9.78 Å². The molecule has 1 aromatic heterocycles. The Hall–Kier alpha value is -4.06. The normalized spacial score (nSPS) is 16.6. The number of carbonyl (C=O) groups excluding carboxylic acids is 1. The van der Waals surface area contributed by atoms with Crippen LogP contribution < -0.4 is 10.6 Å². The molecule has 0 unspecified atom stereocenters. The smallest absolute Gasteiger partial charge is 0.320 e. The Morgan fingerprint density at radius 1 is 0.862 bits per heavy atom. The van der Waals surface area contributed by atoms with E-state index in [0.29, 0.717) is 11.5 Å². The minimum Gasteiger partial charge on any atom is -0.508 e. The monoisotopic (exact) mass is 382 g/mol. The van der Waals surface area contributed by atoms with Crippen molar-refractivity contribution in [1.29, 1.82) is 0 Å². The number of rotatable bonds is 3. The zero-order valence-electron chi connectivity index (χ0n) is 15.4. The molecule has 6 nitrogen and oxygen atoms in total. The van der Waals surface area contributed by atoms with Gasteiger partial charge >= 0.3 is 6.03 Å². The van der Waals surface area contributed by atoms with Gasteiger partial charge in [0.05, 0.1) is 22.8 Å². The first kappa shape index (κ1) is 17.1. The van der Waals surface area contributed by atoms with Crippen molar-refractivity contribution in [3.63, 3.8) is 0 Å². The quantitative estimate of drug-likeness (QED) is 0.428. The third kappa shape index (κ3) is 3.10. The van der Waals surface area contributed by atoms with Gasteiger partial charge in [-0.1, -0.05) is 54.6 Å². The summed E-state index contributed by atoms with van der Waals surface area (Å²) >= 11 is 0. The lowest BCUT2D eigenvalue weighted by molar-refractivity contribution is 0.242. The fourth-order valence-corrected chi connectivity index (χ4v) is 3.65. The average Bonchev–Trinajstić information content (AvgIpc) is 3.18. The average molecular weight is 382 g/mol. The van der Waals surface area contributed by atoms with E-state index in [2.05, 4.69) is 15.6 Å². The van der Waals surface area contributed by atoms with E-state index in [1.54, 1.807) is 24.3 Å². The van der Waals surface area contributed by atoms with Crippen LogP contribution in [0.5, 0.6) is 5.75 Å². The first-order chi connectivity index (χ1) is 14.2. The van der Waals surface area contributed by atoms with Gasteiger partial charge in [0, 0.05) is 5.57 Å². The molecule has 3 aromatic carbocycles. The summed E-state index contributed by atoms with van der Waals surface area (Å²) in [5, 5.41) is 15.6. The third-order valence-electron chi connectivity index (χ3n) is 5.01. The molecule has 142 valence electrons. The summed E-state index contributed by atoms with van der Waals surface area (Å²) in [5.74, 6) is 0.849. The minimum atomic E-state index is -0.430. The molecule has 1 aliphatic rings. The van der Waals surface area contributed by atoms with Gasteiger partial charge in [-0.3, -0.25) is 0 Å². The molecule has 0 aliphatic carbocycles. The number of urea groups is 1. The van der Waals surface area contributed by atoms with Crippen LogP contribution in [0.15, 0.2) is 78.9 Å². The Kier molecular flexibility index (Phi) is 4.02. The van der Waals surface area contributed by atoms with E-state index in [1.165, 1.54) is 0 Å². The molecule has 0 spiro atoms. The molecule has 4 aromatic rings. The SMILES string of the molecule is O=C1NC(c2ccccc2)=C(c2nc3ccccc3[nH]2)[C@H](c2ccc(O)cc2)N1.